The van der Waals surface area contributed by atoms with Crippen molar-refractivity contribution in [2.24, 2.45) is 0 Å². The summed E-state index contributed by atoms with van der Waals surface area (Å²) in [6.07, 6.45) is 5.06. The highest BCUT2D eigenvalue weighted by atomic mass is 16.5. The molecule has 1 amide bonds. The Balaban J connectivity index is 1.56. The summed E-state index contributed by atoms with van der Waals surface area (Å²) >= 11 is 0. The summed E-state index contributed by atoms with van der Waals surface area (Å²) in [6.45, 7) is 4.57. The average molecular weight is 328 g/mol. The summed E-state index contributed by atoms with van der Waals surface area (Å²) < 4.78 is 7.49. The second kappa shape index (κ2) is 7.49. The Morgan fingerprint density at radius 2 is 2.21 bits per heavy atom. The third-order valence-corrected chi connectivity index (χ3v) is 4.44. The van der Waals surface area contributed by atoms with Crippen LogP contribution in [0, 0.1) is 6.92 Å². The van der Waals surface area contributed by atoms with E-state index in [0.717, 1.165) is 37.2 Å². The summed E-state index contributed by atoms with van der Waals surface area (Å²) in [5, 5.41) is 10.6. The van der Waals surface area contributed by atoms with E-state index in [-0.39, 0.29) is 5.91 Å². The number of aryl methyl sites for hydroxylation is 1. The number of aromatic nitrogens is 2. The molecule has 0 radical (unpaired) electrons. The van der Waals surface area contributed by atoms with E-state index >= 15 is 0 Å². The Morgan fingerprint density at radius 1 is 1.38 bits per heavy atom. The van der Waals surface area contributed by atoms with E-state index < -0.39 is 5.54 Å². The first-order valence-corrected chi connectivity index (χ1v) is 8.39. The zero-order valence-electron chi connectivity index (χ0n) is 14.0. The standard InChI is InChI=1S/C18H24N4O2/c1-15-4-2-5-16(14-15)24-13-11-20-17(23)18(6-9-19-10-7-18)22-12-3-8-21-22/h2-5,8,12,14,19H,6-7,9-11,13H2,1H3,(H,20,23). The minimum atomic E-state index is -0.599. The first-order chi connectivity index (χ1) is 11.7. The highest BCUT2D eigenvalue weighted by Crippen LogP contribution is 2.27. The minimum absolute atomic E-state index is 0.0144. The fraction of sp³-hybridized carbons (Fsp3) is 0.444. The van der Waals surface area contributed by atoms with Crippen LogP contribution >= 0.6 is 0 Å². The molecule has 2 heterocycles. The van der Waals surface area contributed by atoms with E-state index in [9.17, 15) is 4.79 Å². The van der Waals surface area contributed by atoms with Crippen molar-refractivity contribution in [1.82, 2.24) is 20.4 Å². The van der Waals surface area contributed by atoms with Gasteiger partial charge in [-0.3, -0.25) is 9.48 Å². The predicted octanol–water partition coefficient (Wildman–Crippen LogP) is 1.47. The van der Waals surface area contributed by atoms with Gasteiger partial charge in [-0.2, -0.15) is 5.10 Å². The van der Waals surface area contributed by atoms with Crippen LogP contribution in [0.25, 0.3) is 0 Å². The molecule has 0 unspecified atom stereocenters. The van der Waals surface area contributed by atoms with Gasteiger partial charge >= 0.3 is 0 Å². The Morgan fingerprint density at radius 3 is 2.92 bits per heavy atom. The van der Waals surface area contributed by atoms with Gasteiger partial charge in [0.1, 0.15) is 17.9 Å². The van der Waals surface area contributed by atoms with Gasteiger partial charge < -0.3 is 15.4 Å². The Bertz CT molecular complexity index is 663. The number of carbonyl (C=O) groups is 1. The van der Waals surface area contributed by atoms with Crippen LogP contribution in [0.4, 0.5) is 0 Å². The molecule has 1 aliphatic rings. The van der Waals surface area contributed by atoms with Crippen LogP contribution in [-0.2, 0) is 10.3 Å². The number of ether oxygens (including phenoxy) is 1. The average Bonchev–Trinajstić information content (AvgIpc) is 3.14. The van der Waals surface area contributed by atoms with Crippen LogP contribution in [-0.4, -0.2) is 41.9 Å². The van der Waals surface area contributed by atoms with Gasteiger partial charge in [-0.15, -0.1) is 0 Å². The van der Waals surface area contributed by atoms with E-state index in [2.05, 4.69) is 15.7 Å². The predicted molar refractivity (Wildman–Crippen MR) is 92.0 cm³/mol. The second-order valence-electron chi connectivity index (χ2n) is 6.15. The number of hydrogen-bond donors (Lipinski definition) is 2. The van der Waals surface area contributed by atoms with Crippen LogP contribution in [0.15, 0.2) is 42.7 Å². The van der Waals surface area contributed by atoms with Crippen molar-refractivity contribution in [3.8, 4) is 5.75 Å². The smallest absolute Gasteiger partial charge is 0.248 e. The SMILES string of the molecule is Cc1cccc(OCCNC(=O)C2(n3cccn3)CCNCC2)c1. The third-order valence-electron chi connectivity index (χ3n) is 4.44. The van der Waals surface area contributed by atoms with Crippen LogP contribution in [0.1, 0.15) is 18.4 Å². The van der Waals surface area contributed by atoms with Crippen LogP contribution in [0.2, 0.25) is 0 Å². The maximum atomic E-state index is 12.8. The molecule has 0 atom stereocenters. The molecule has 6 heteroatoms. The molecule has 1 aliphatic heterocycles. The Labute approximate surface area is 142 Å². The van der Waals surface area contributed by atoms with Crippen LogP contribution < -0.4 is 15.4 Å². The monoisotopic (exact) mass is 328 g/mol. The van der Waals surface area contributed by atoms with Gasteiger partial charge in [0.15, 0.2) is 0 Å². The number of rotatable bonds is 6. The summed E-state index contributed by atoms with van der Waals surface area (Å²) in [4.78, 5) is 12.8. The lowest BCUT2D eigenvalue weighted by molar-refractivity contribution is -0.132. The number of carbonyl (C=O) groups excluding carboxylic acids is 1. The summed E-state index contributed by atoms with van der Waals surface area (Å²) in [7, 11) is 0. The zero-order chi connectivity index (χ0) is 16.8. The largest absolute Gasteiger partial charge is 0.492 e. The van der Waals surface area contributed by atoms with Crippen LogP contribution in [0.5, 0.6) is 5.75 Å². The van der Waals surface area contributed by atoms with E-state index in [4.69, 9.17) is 4.74 Å². The van der Waals surface area contributed by atoms with Gasteiger partial charge in [-0.25, -0.2) is 0 Å². The number of amides is 1. The van der Waals surface area contributed by atoms with E-state index in [1.807, 2.05) is 43.5 Å². The van der Waals surface area contributed by atoms with Gasteiger partial charge in [-0.05, 0) is 56.6 Å². The molecule has 24 heavy (non-hydrogen) atoms. The zero-order valence-corrected chi connectivity index (χ0v) is 14.0. The number of piperidine rings is 1. The number of benzene rings is 1. The molecule has 6 nitrogen and oxygen atoms in total. The molecule has 0 saturated carbocycles. The van der Waals surface area contributed by atoms with Crippen molar-refractivity contribution < 1.29 is 9.53 Å². The molecular weight excluding hydrogens is 304 g/mol. The fourth-order valence-corrected chi connectivity index (χ4v) is 3.13. The lowest BCUT2D eigenvalue weighted by Crippen LogP contribution is -2.55. The number of nitrogens with one attached hydrogen (secondary N) is 2. The second-order valence-corrected chi connectivity index (χ2v) is 6.15. The molecule has 1 fully saturated rings. The lowest BCUT2D eigenvalue weighted by Gasteiger charge is -2.36. The summed E-state index contributed by atoms with van der Waals surface area (Å²) in [6, 6.07) is 9.76. The highest BCUT2D eigenvalue weighted by molar-refractivity contribution is 5.84. The van der Waals surface area contributed by atoms with Crippen molar-refractivity contribution in [3.05, 3.63) is 48.3 Å². The fourth-order valence-electron chi connectivity index (χ4n) is 3.13. The summed E-state index contributed by atoms with van der Waals surface area (Å²) in [5.74, 6) is 0.841. The Kier molecular flexibility index (Phi) is 5.15. The molecule has 128 valence electrons. The van der Waals surface area contributed by atoms with Crippen molar-refractivity contribution in [3.63, 3.8) is 0 Å². The molecule has 1 aromatic heterocycles. The molecule has 0 bridgehead atoms. The van der Waals surface area contributed by atoms with Crippen molar-refractivity contribution in [1.29, 1.82) is 0 Å². The van der Waals surface area contributed by atoms with E-state index in [0.29, 0.717) is 13.2 Å². The summed E-state index contributed by atoms with van der Waals surface area (Å²) in [5.41, 5.74) is 0.557. The Hall–Kier alpha value is -2.34. The van der Waals surface area contributed by atoms with E-state index in [1.165, 1.54) is 0 Å². The maximum absolute atomic E-state index is 12.8. The quantitative estimate of drug-likeness (QED) is 0.788. The van der Waals surface area contributed by atoms with Gasteiger partial charge in [-0.1, -0.05) is 12.1 Å². The lowest BCUT2D eigenvalue weighted by atomic mass is 9.87. The molecular formula is C18H24N4O2. The van der Waals surface area contributed by atoms with Crippen molar-refractivity contribution in [2.45, 2.75) is 25.3 Å². The number of nitrogens with zero attached hydrogens (tertiary/aromatic N) is 2. The molecule has 3 rings (SSSR count). The van der Waals surface area contributed by atoms with Gasteiger partial charge in [0.2, 0.25) is 5.91 Å². The van der Waals surface area contributed by atoms with Crippen molar-refractivity contribution in [2.75, 3.05) is 26.2 Å². The molecule has 2 N–H and O–H groups in total. The third kappa shape index (κ3) is 3.59. The molecule has 1 aromatic carbocycles. The molecule has 0 aliphatic carbocycles. The van der Waals surface area contributed by atoms with E-state index in [1.54, 1.807) is 10.9 Å². The first kappa shape index (κ1) is 16.5. The maximum Gasteiger partial charge on any atom is 0.248 e. The van der Waals surface area contributed by atoms with Gasteiger partial charge in [0, 0.05) is 12.4 Å². The first-order valence-electron chi connectivity index (χ1n) is 8.39. The topological polar surface area (TPSA) is 68.2 Å². The minimum Gasteiger partial charge on any atom is -0.492 e. The normalized spacial score (nSPS) is 16.5. The van der Waals surface area contributed by atoms with Crippen molar-refractivity contribution >= 4 is 5.91 Å². The molecule has 1 saturated heterocycles. The number of hydrogen-bond acceptors (Lipinski definition) is 4. The molecule has 0 spiro atoms. The van der Waals surface area contributed by atoms with Gasteiger partial charge in [0.05, 0.1) is 6.54 Å². The highest BCUT2D eigenvalue weighted by Gasteiger charge is 2.41. The van der Waals surface area contributed by atoms with Gasteiger partial charge in [0.25, 0.3) is 0 Å². The van der Waals surface area contributed by atoms with Crippen LogP contribution in [0.3, 0.4) is 0 Å². The molecule has 2 aromatic rings.